The van der Waals surface area contributed by atoms with Crippen LogP contribution in [0.3, 0.4) is 0 Å². The first-order chi connectivity index (χ1) is 13.2. The van der Waals surface area contributed by atoms with E-state index in [1.165, 1.54) is 11.3 Å². The van der Waals surface area contributed by atoms with Gasteiger partial charge >= 0.3 is 0 Å². The van der Waals surface area contributed by atoms with Crippen LogP contribution in [0.1, 0.15) is 32.5 Å². The summed E-state index contributed by atoms with van der Waals surface area (Å²) >= 11 is 7.45. The number of aliphatic hydroxyl groups is 1. The standard InChI is InChI=1S/C18H21ClN4O4S/c1-18(2,26)17-21-22(9-15(24)20-10-3-5-27-6-4-10)16(25)12-7-13-11(23(12)17)8-14(19)28-13/h7-8,10,26H,3-6,9H2,1-2H3,(H,20,24). The Balaban J connectivity index is 1.75. The number of halogens is 1. The molecule has 2 N–H and O–H groups in total. The summed E-state index contributed by atoms with van der Waals surface area (Å²) in [4.78, 5) is 25.4. The van der Waals surface area contributed by atoms with Crippen molar-refractivity contribution < 1.29 is 14.6 Å². The number of nitrogens with zero attached hydrogens (tertiary/aromatic N) is 3. The molecule has 4 rings (SSSR count). The maximum Gasteiger partial charge on any atom is 0.291 e. The van der Waals surface area contributed by atoms with Gasteiger partial charge < -0.3 is 15.2 Å². The van der Waals surface area contributed by atoms with Crippen LogP contribution in [0.5, 0.6) is 0 Å². The summed E-state index contributed by atoms with van der Waals surface area (Å²) in [6, 6.07) is 3.50. The van der Waals surface area contributed by atoms with Gasteiger partial charge in [0.15, 0.2) is 5.82 Å². The van der Waals surface area contributed by atoms with Crippen LogP contribution in [0.25, 0.3) is 15.7 Å². The van der Waals surface area contributed by atoms with Crippen LogP contribution in [-0.2, 0) is 21.7 Å². The van der Waals surface area contributed by atoms with Crippen LogP contribution in [0.4, 0.5) is 0 Å². The minimum Gasteiger partial charge on any atom is -0.382 e. The van der Waals surface area contributed by atoms with Gasteiger partial charge in [-0.25, -0.2) is 4.68 Å². The Kier molecular flexibility index (Phi) is 4.95. The predicted molar refractivity (Wildman–Crippen MR) is 107 cm³/mol. The molecule has 150 valence electrons. The van der Waals surface area contributed by atoms with Gasteiger partial charge in [0.25, 0.3) is 5.56 Å². The van der Waals surface area contributed by atoms with Gasteiger partial charge in [0.2, 0.25) is 5.91 Å². The Morgan fingerprint density at radius 3 is 2.79 bits per heavy atom. The summed E-state index contributed by atoms with van der Waals surface area (Å²) in [6.45, 7) is 4.19. The maximum atomic E-state index is 13.0. The first kappa shape index (κ1) is 19.4. The molecule has 1 aliphatic rings. The van der Waals surface area contributed by atoms with Crippen molar-refractivity contribution >= 4 is 44.6 Å². The van der Waals surface area contributed by atoms with Crippen molar-refractivity contribution in [1.82, 2.24) is 19.5 Å². The zero-order valence-corrected chi connectivity index (χ0v) is 17.1. The number of hydrogen-bond acceptors (Lipinski definition) is 6. The van der Waals surface area contributed by atoms with E-state index < -0.39 is 11.2 Å². The molecule has 1 saturated heterocycles. The molecule has 0 radical (unpaired) electrons. The molecule has 0 saturated carbocycles. The van der Waals surface area contributed by atoms with Gasteiger partial charge in [-0.05, 0) is 38.8 Å². The van der Waals surface area contributed by atoms with Gasteiger partial charge in [0.1, 0.15) is 17.7 Å². The van der Waals surface area contributed by atoms with E-state index >= 15 is 0 Å². The average Bonchev–Trinajstić information content (AvgIpc) is 3.13. The number of nitrogens with one attached hydrogen (secondary N) is 1. The topological polar surface area (TPSA) is 97.9 Å². The largest absolute Gasteiger partial charge is 0.382 e. The molecule has 0 unspecified atom stereocenters. The molecule has 0 bridgehead atoms. The van der Waals surface area contributed by atoms with Crippen molar-refractivity contribution in [3.05, 3.63) is 32.6 Å². The highest BCUT2D eigenvalue weighted by molar-refractivity contribution is 7.22. The van der Waals surface area contributed by atoms with Crippen LogP contribution in [0.15, 0.2) is 16.9 Å². The molecule has 3 aromatic heterocycles. The van der Waals surface area contributed by atoms with E-state index in [4.69, 9.17) is 16.3 Å². The van der Waals surface area contributed by atoms with E-state index in [2.05, 4.69) is 10.4 Å². The highest BCUT2D eigenvalue weighted by Gasteiger charge is 2.27. The molecular formula is C18H21ClN4O4S. The van der Waals surface area contributed by atoms with E-state index in [1.54, 1.807) is 30.4 Å². The smallest absolute Gasteiger partial charge is 0.291 e. The Morgan fingerprint density at radius 2 is 2.11 bits per heavy atom. The van der Waals surface area contributed by atoms with E-state index in [1.807, 2.05) is 0 Å². The number of thiophene rings is 1. The van der Waals surface area contributed by atoms with Gasteiger partial charge in [0.05, 0.1) is 14.6 Å². The number of hydrogen-bond donors (Lipinski definition) is 2. The lowest BCUT2D eigenvalue weighted by molar-refractivity contribution is -0.123. The summed E-state index contributed by atoms with van der Waals surface area (Å²) < 4.78 is 9.43. The van der Waals surface area contributed by atoms with Crippen LogP contribution in [-0.4, -0.2) is 44.5 Å². The third-order valence-electron chi connectivity index (χ3n) is 4.77. The summed E-state index contributed by atoms with van der Waals surface area (Å²) in [5.74, 6) is -0.0191. The first-order valence-corrected chi connectivity index (χ1v) is 10.2. The molecule has 4 heterocycles. The number of carbonyl (C=O) groups excluding carboxylic acids is 1. The average molecular weight is 425 g/mol. The normalized spacial score (nSPS) is 16.1. The number of carbonyl (C=O) groups is 1. The fraction of sp³-hybridized carbons (Fsp3) is 0.500. The molecule has 1 aliphatic heterocycles. The number of ether oxygens (including phenoxy) is 1. The second kappa shape index (κ2) is 7.14. The third-order valence-corrected chi connectivity index (χ3v) is 5.97. The van der Waals surface area contributed by atoms with Crippen molar-refractivity contribution in [3.63, 3.8) is 0 Å². The molecule has 8 nitrogen and oxygen atoms in total. The lowest BCUT2D eigenvalue weighted by Crippen LogP contribution is -2.43. The highest BCUT2D eigenvalue weighted by atomic mass is 35.5. The fourth-order valence-electron chi connectivity index (χ4n) is 3.44. The Morgan fingerprint density at radius 1 is 1.39 bits per heavy atom. The van der Waals surface area contributed by atoms with Crippen LogP contribution >= 0.6 is 22.9 Å². The monoisotopic (exact) mass is 424 g/mol. The first-order valence-electron chi connectivity index (χ1n) is 9.05. The summed E-state index contributed by atoms with van der Waals surface area (Å²) in [5.41, 5.74) is -0.658. The van der Waals surface area contributed by atoms with Crippen molar-refractivity contribution in [2.75, 3.05) is 13.2 Å². The Labute approximate surface area is 169 Å². The zero-order chi connectivity index (χ0) is 20.1. The Hall–Kier alpha value is -1.94. The molecule has 0 aliphatic carbocycles. The number of aromatic nitrogens is 3. The molecule has 28 heavy (non-hydrogen) atoms. The molecular weight excluding hydrogens is 404 g/mol. The van der Waals surface area contributed by atoms with E-state index in [9.17, 15) is 14.7 Å². The van der Waals surface area contributed by atoms with E-state index in [-0.39, 0.29) is 24.3 Å². The van der Waals surface area contributed by atoms with Crippen molar-refractivity contribution in [1.29, 1.82) is 0 Å². The molecule has 0 spiro atoms. The minimum absolute atomic E-state index is 0.0372. The lowest BCUT2D eigenvalue weighted by Gasteiger charge is -2.23. The minimum atomic E-state index is -1.33. The molecule has 10 heteroatoms. The number of fused-ring (bicyclic) bond motifs is 3. The van der Waals surface area contributed by atoms with Crippen LogP contribution in [0.2, 0.25) is 4.34 Å². The molecule has 0 aromatic carbocycles. The predicted octanol–water partition coefficient (Wildman–Crippen LogP) is 1.89. The SMILES string of the molecule is CC(C)(O)c1nn(CC(=O)NC2CCOCC2)c(=O)c2cc3sc(Cl)cc3n12. The van der Waals surface area contributed by atoms with Crippen LogP contribution < -0.4 is 10.9 Å². The molecule has 1 amide bonds. The number of rotatable bonds is 4. The van der Waals surface area contributed by atoms with E-state index in [0.29, 0.717) is 28.6 Å². The Bertz CT molecular complexity index is 1100. The summed E-state index contributed by atoms with van der Waals surface area (Å²) in [6.07, 6.45) is 1.50. The van der Waals surface area contributed by atoms with Crippen molar-refractivity contribution in [2.24, 2.45) is 0 Å². The highest BCUT2D eigenvalue weighted by Crippen LogP contribution is 2.33. The van der Waals surface area contributed by atoms with Gasteiger partial charge in [0, 0.05) is 19.3 Å². The van der Waals surface area contributed by atoms with E-state index in [0.717, 1.165) is 22.2 Å². The van der Waals surface area contributed by atoms with Gasteiger partial charge in [-0.3, -0.25) is 14.0 Å². The third kappa shape index (κ3) is 3.55. The molecule has 3 aromatic rings. The quantitative estimate of drug-likeness (QED) is 0.666. The molecule has 0 atom stereocenters. The van der Waals surface area contributed by atoms with Crippen molar-refractivity contribution in [2.45, 2.75) is 44.9 Å². The van der Waals surface area contributed by atoms with Gasteiger partial charge in [-0.15, -0.1) is 11.3 Å². The summed E-state index contributed by atoms with van der Waals surface area (Å²) in [5, 5.41) is 17.9. The second-order valence-corrected chi connectivity index (χ2v) is 9.18. The van der Waals surface area contributed by atoms with Gasteiger partial charge in [-0.1, -0.05) is 11.6 Å². The lowest BCUT2D eigenvalue weighted by atomic mass is 10.1. The molecule has 1 fully saturated rings. The van der Waals surface area contributed by atoms with Crippen molar-refractivity contribution in [3.8, 4) is 0 Å². The maximum absolute atomic E-state index is 13.0. The van der Waals surface area contributed by atoms with Gasteiger partial charge in [-0.2, -0.15) is 5.10 Å². The summed E-state index contributed by atoms with van der Waals surface area (Å²) in [7, 11) is 0. The van der Waals surface area contributed by atoms with Crippen LogP contribution in [0, 0.1) is 0 Å². The second-order valence-electron chi connectivity index (χ2n) is 7.46. The zero-order valence-electron chi connectivity index (χ0n) is 15.6. The fourth-order valence-corrected chi connectivity index (χ4v) is 4.60. The number of amides is 1.